The van der Waals surface area contributed by atoms with E-state index >= 15 is 0 Å². The average Bonchev–Trinajstić information content (AvgIpc) is 2.59. The molecule has 5 heteroatoms. The van der Waals surface area contributed by atoms with E-state index in [0.29, 0.717) is 25.7 Å². The molecule has 1 heterocycles. The number of carboxylic acids is 1. The second kappa shape index (κ2) is 4.08. The Labute approximate surface area is 92.7 Å². The van der Waals surface area contributed by atoms with Gasteiger partial charge in [0, 0.05) is 18.2 Å². The van der Waals surface area contributed by atoms with Crippen molar-refractivity contribution in [2.75, 3.05) is 0 Å². The van der Waals surface area contributed by atoms with E-state index in [4.69, 9.17) is 5.11 Å². The van der Waals surface area contributed by atoms with E-state index in [1.807, 2.05) is 0 Å². The van der Waals surface area contributed by atoms with Gasteiger partial charge < -0.3 is 5.11 Å². The number of carbonyl (C=O) groups is 3. The number of nitrogens with zero attached hydrogens (tertiary/aromatic N) is 1. The molecular formula is C11H13NO4. The fourth-order valence-electron chi connectivity index (χ4n) is 2.35. The zero-order valence-corrected chi connectivity index (χ0v) is 8.76. The molecule has 0 aromatic heterocycles. The standard InChI is InChI=1S/C11H13NO4/c13-9-5-6-10(14)12(9)8-3-1-7(2-4-8)11(15)16/h5-8H,1-4H2,(H,15,16)/t7-,8-. The van der Waals surface area contributed by atoms with Crippen LogP contribution in [0.4, 0.5) is 0 Å². The second-order valence-electron chi connectivity index (χ2n) is 4.22. The molecule has 0 unspecified atom stereocenters. The third-order valence-electron chi connectivity index (χ3n) is 3.25. The molecule has 2 amide bonds. The Morgan fingerprint density at radius 3 is 2.06 bits per heavy atom. The third kappa shape index (κ3) is 1.85. The van der Waals surface area contributed by atoms with Gasteiger partial charge in [0.1, 0.15) is 0 Å². The van der Waals surface area contributed by atoms with Crippen molar-refractivity contribution in [1.29, 1.82) is 0 Å². The lowest BCUT2D eigenvalue weighted by molar-refractivity contribution is -0.144. The molecule has 2 rings (SSSR count). The molecule has 1 N–H and O–H groups in total. The maximum atomic E-state index is 11.4. The normalized spacial score (nSPS) is 29.9. The molecule has 0 atom stereocenters. The van der Waals surface area contributed by atoms with Crippen LogP contribution in [0.25, 0.3) is 0 Å². The fourth-order valence-corrected chi connectivity index (χ4v) is 2.35. The highest BCUT2D eigenvalue weighted by atomic mass is 16.4. The van der Waals surface area contributed by atoms with E-state index < -0.39 is 5.97 Å². The first kappa shape index (κ1) is 10.9. The Morgan fingerprint density at radius 2 is 1.62 bits per heavy atom. The summed E-state index contributed by atoms with van der Waals surface area (Å²) < 4.78 is 0. The lowest BCUT2D eigenvalue weighted by Gasteiger charge is -2.31. The average molecular weight is 223 g/mol. The van der Waals surface area contributed by atoms with E-state index in [-0.39, 0.29) is 23.8 Å². The van der Waals surface area contributed by atoms with Gasteiger partial charge in [-0.05, 0) is 25.7 Å². The summed E-state index contributed by atoms with van der Waals surface area (Å²) in [5, 5.41) is 8.83. The van der Waals surface area contributed by atoms with Gasteiger partial charge in [0.05, 0.1) is 5.92 Å². The number of carbonyl (C=O) groups excluding carboxylic acids is 2. The number of hydrogen-bond acceptors (Lipinski definition) is 3. The monoisotopic (exact) mass is 223 g/mol. The van der Waals surface area contributed by atoms with Gasteiger partial charge in [-0.25, -0.2) is 0 Å². The van der Waals surface area contributed by atoms with E-state index in [1.54, 1.807) is 0 Å². The third-order valence-corrected chi connectivity index (χ3v) is 3.25. The Hall–Kier alpha value is -1.65. The molecule has 0 aromatic rings. The summed E-state index contributed by atoms with van der Waals surface area (Å²) >= 11 is 0. The van der Waals surface area contributed by atoms with Gasteiger partial charge in [-0.15, -0.1) is 0 Å². The molecule has 0 aromatic carbocycles. The van der Waals surface area contributed by atoms with Gasteiger partial charge in [-0.2, -0.15) is 0 Å². The largest absolute Gasteiger partial charge is 0.481 e. The molecule has 0 spiro atoms. The SMILES string of the molecule is O=C1C=CC(=O)N1[C@H]1CC[C@H](C(=O)O)CC1. The minimum absolute atomic E-state index is 0.120. The molecule has 1 aliphatic carbocycles. The van der Waals surface area contributed by atoms with E-state index in [2.05, 4.69) is 0 Å². The smallest absolute Gasteiger partial charge is 0.306 e. The van der Waals surface area contributed by atoms with Crippen molar-refractivity contribution in [1.82, 2.24) is 4.90 Å². The first-order chi connectivity index (χ1) is 7.59. The van der Waals surface area contributed by atoms with Gasteiger partial charge >= 0.3 is 5.97 Å². The predicted octanol–water partition coefficient (Wildman–Crippen LogP) is 0.555. The quantitative estimate of drug-likeness (QED) is 0.694. The molecule has 5 nitrogen and oxygen atoms in total. The van der Waals surface area contributed by atoms with Gasteiger partial charge in [0.15, 0.2) is 0 Å². The van der Waals surface area contributed by atoms with Crippen molar-refractivity contribution in [2.45, 2.75) is 31.7 Å². The number of aliphatic carboxylic acids is 1. The second-order valence-corrected chi connectivity index (χ2v) is 4.22. The summed E-state index contributed by atoms with van der Waals surface area (Å²) in [7, 11) is 0. The fraction of sp³-hybridized carbons (Fsp3) is 0.545. The van der Waals surface area contributed by atoms with Crippen LogP contribution in [0.1, 0.15) is 25.7 Å². The minimum Gasteiger partial charge on any atom is -0.481 e. The van der Waals surface area contributed by atoms with Crippen LogP contribution in [-0.4, -0.2) is 33.8 Å². The van der Waals surface area contributed by atoms with Crippen LogP contribution in [0.3, 0.4) is 0 Å². The Bertz CT molecular complexity index is 348. The number of amides is 2. The molecule has 0 bridgehead atoms. The molecule has 2 aliphatic rings. The van der Waals surface area contributed by atoms with Gasteiger partial charge in [-0.1, -0.05) is 0 Å². The molecule has 16 heavy (non-hydrogen) atoms. The summed E-state index contributed by atoms with van der Waals surface area (Å²) in [6, 6.07) is -0.120. The van der Waals surface area contributed by atoms with Crippen LogP contribution in [-0.2, 0) is 14.4 Å². The van der Waals surface area contributed by atoms with Crippen LogP contribution in [0, 0.1) is 5.92 Å². The van der Waals surface area contributed by atoms with Crippen LogP contribution in [0.2, 0.25) is 0 Å². The number of rotatable bonds is 2. The van der Waals surface area contributed by atoms with Crippen LogP contribution < -0.4 is 0 Å². The molecular weight excluding hydrogens is 210 g/mol. The topological polar surface area (TPSA) is 74.7 Å². The number of imide groups is 1. The zero-order valence-electron chi connectivity index (χ0n) is 8.76. The Balaban J connectivity index is 1.97. The highest BCUT2D eigenvalue weighted by molar-refractivity contribution is 6.13. The first-order valence-electron chi connectivity index (χ1n) is 5.37. The molecule has 1 fully saturated rings. The van der Waals surface area contributed by atoms with E-state index in [9.17, 15) is 14.4 Å². The van der Waals surface area contributed by atoms with Crippen molar-refractivity contribution < 1.29 is 19.5 Å². The van der Waals surface area contributed by atoms with Crippen LogP contribution in [0.5, 0.6) is 0 Å². The van der Waals surface area contributed by atoms with Gasteiger partial charge in [0.2, 0.25) is 0 Å². The molecule has 0 radical (unpaired) electrons. The van der Waals surface area contributed by atoms with Crippen molar-refractivity contribution >= 4 is 17.8 Å². The molecule has 0 saturated heterocycles. The van der Waals surface area contributed by atoms with Crippen molar-refractivity contribution in [3.8, 4) is 0 Å². The van der Waals surface area contributed by atoms with Crippen molar-refractivity contribution in [3.63, 3.8) is 0 Å². The zero-order chi connectivity index (χ0) is 11.7. The summed E-state index contributed by atoms with van der Waals surface area (Å²) in [4.78, 5) is 34.8. The summed E-state index contributed by atoms with van der Waals surface area (Å²) in [6.45, 7) is 0. The Kier molecular flexibility index (Phi) is 2.77. The summed E-state index contributed by atoms with van der Waals surface area (Å²) in [5.41, 5.74) is 0. The Morgan fingerprint density at radius 1 is 1.12 bits per heavy atom. The minimum atomic E-state index is -0.782. The number of hydrogen-bond donors (Lipinski definition) is 1. The number of carboxylic acid groups (broad SMARTS) is 1. The van der Waals surface area contributed by atoms with Crippen LogP contribution in [0.15, 0.2) is 12.2 Å². The summed E-state index contributed by atoms with van der Waals surface area (Å²) in [6.07, 6.45) is 4.80. The van der Waals surface area contributed by atoms with Gasteiger partial charge in [-0.3, -0.25) is 19.3 Å². The maximum Gasteiger partial charge on any atom is 0.306 e. The van der Waals surface area contributed by atoms with Crippen molar-refractivity contribution in [2.24, 2.45) is 5.92 Å². The first-order valence-corrected chi connectivity index (χ1v) is 5.37. The lowest BCUT2D eigenvalue weighted by atomic mass is 9.85. The highest BCUT2D eigenvalue weighted by Gasteiger charge is 2.35. The van der Waals surface area contributed by atoms with Crippen LogP contribution >= 0.6 is 0 Å². The van der Waals surface area contributed by atoms with Crippen molar-refractivity contribution in [3.05, 3.63) is 12.2 Å². The highest BCUT2D eigenvalue weighted by Crippen LogP contribution is 2.29. The lowest BCUT2D eigenvalue weighted by Crippen LogP contribution is -2.42. The molecule has 1 saturated carbocycles. The van der Waals surface area contributed by atoms with E-state index in [0.717, 1.165) is 0 Å². The molecule has 1 aliphatic heterocycles. The predicted molar refractivity (Wildman–Crippen MR) is 54.4 cm³/mol. The van der Waals surface area contributed by atoms with E-state index in [1.165, 1.54) is 17.1 Å². The maximum absolute atomic E-state index is 11.4. The summed E-state index contributed by atoms with van der Waals surface area (Å²) in [5.74, 6) is -1.65. The molecule has 86 valence electrons. The van der Waals surface area contributed by atoms with Gasteiger partial charge in [0.25, 0.3) is 11.8 Å².